The molecule has 0 amide bonds. The lowest BCUT2D eigenvalue weighted by Gasteiger charge is -2.17. The van der Waals surface area contributed by atoms with Crippen molar-refractivity contribution >= 4 is 5.97 Å². The van der Waals surface area contributed by atoms with Crippen molar-refractivity contribution in [3.8, 4) is 11.5 Å². The summed E-state index contributed by atoms with van der Waals surface area (Å²) in [5.41, 5.74) is 0.115. The number of ether oxygens (including phenoxy) is 2. The molecule has 1 aliphatic rings. The molecule has 1 heterocycles. The van der Waals surface area contributed by atoms with E-state index in [1.165, 1.54) is 0 Å². The van der Waals surface area contributed by atoms with Crippen LogP contribution in [0.1, 0.15) is 25.8 Å². The smallest absolute Gasteiger partial charge is 0.345 e. The molecule has 2 N–H and O–H groups in total. The van der Waals surface area contributed by atoms with Crippen LogP contribution in [-0.4, -0.2) is 34.5 Å². The number of carbonyl (C=O) groups is 1. The highest BCUT2D eigenvalue weighted by Crippen LogP contribution is 2.32. The second kappa shape index (κ2) is 5.09. The van der Waals surface area contributed by atoms with Gasteiger partial charge in [-0.3, -0.25) is 0 Å². The molecular weight excluding hydrogens is 248 g/mol. The predicted molar refractivity (Wildman–Crippen MR) is 68.6 cm³/mol. The van der Waals surface area contributed by atoms with Crippen molar-refractivity contribution in [3.05, 3.63) is 23.8 Å². The van der Waals surface area contributed by atoms with E-state index >= 15 is 0 Å². The van der Waals surface area contributed by atoms with Gasteiger partial charge in [0.15, 0.2) is 6.10 Å². The lowest BCUT2D eigenvalue weighted by Crippen LogP contribution is -2.24. The van der Waals surface area contributed by atoms with E-state index in [4.69, 9.17) is 14.6 Å². The maximum atomic E-state index is 10.9. The first-order valence-corrected chi connectivity index (χ1v) is 6.23. The van der Waals surface area contributed by atoms with Gasteiger partial charge in [0.25, 0.3) is 0 Å². The van der Waals surface area contributed by atoms with Gasteiger partial charge < -0.3 is 19.7 Å². The average molecular weight is 266 g/mol. The summed E-state index contributed by atoms with van der Waals surface area (Å²) in [6, 6.07) is 5.30. The molecule has 0 aromatic heterocycles. The van der Waals surface area contributed by atoms with Crippen molar-refractivity contribution < 1.29 is 24.5 Å². The van der Waals surface area contributed by atoms with E-state index in [1.54, 1.807) is 26.0 Å². The Morgan fingerprint density at radius 1 is 1.53 bits per heavy atom. The molecule has 19 heavy (non-hydrogen) atoms. The molecule has 0 saturated carbocycles. The van der Waals surface area contributed by atoms with E-state index in [9.17, 15) is 9.90 Å². The number of carboxylic acid groups (broad SMARTS) is 1. The Hall–Kier alpha value is -1.75. The van der Waals surface area contributed by atoms with Gasteiger partial charge in [0.2, 0.25) is 0 Å². The number of carboxylic acids is 1. The topological polar surface area (TPSA) is 76.0 Å². The number of benzene rings is 1. The van der Waals surface area contributed by atoms with Crippen LogP contribution >= 0.6 is 0 Å². The van der Waals surface area contributed by atoms with Crippen LogP contribution in [0.2, 0.25) is 0 Å². The molecule has 0 bridgehead atoms. The molecule has 1 atom stereocenters. The molecule has 0 aliphatic carbocycles. The van der Waals surface area contributed by atoms with Crippen molar-refractivity contribution in [2.45, 2.75) is 38.4 Å². The Balaban J connectivity index is 1.96. The van der Waals surface area contributed by atoms with Crippen molar-refractivity contribution in [1.29, 1.82) is 0 Å². The van der Waals surface area contributed by atoms with Crippen LogP contribution in [0.25, 0.3) is 0 Å². The minimum absolute atomic E-state index is 0.384. The molecule has 1 aromatic carbocycles. The summed E-state index contributed by atoms with van der Waals surface area (Å²) in [7, 11) is 0. The lowest BCUT2D eigenvalue weighted by molar-refractivity contribution is -0.144. The van der Waals surface area contributed by atoms with Crippen LogP contribution in [0.5, 0.6) is 11.5 Å². The van der Waals surface area contributed by atoms with E-state index in [1.807, 2.05) is 6.07 Å². The second-order valence-corrected chi connectivity index (χ2v) is 5.33. The summed E-state index contributed by atoms with van der Waals surface area (Å²) in [4.78, 5) is 10.9. The minimum Gasteiger partial charge on any atom is -0.493 e. The standard InChI is InChI=1S/C14H18O5/c1-14(2,17)5-6-18-10-4-3-9-7-12(13(15)16)19-11(9)8-10/h3-4,8,12,17H,5-7H2,1-2H3,(H,15,16). The Bertz CT molecular complexity index is 475. The summed E-state index contributed by atoms with van der Waals surface area (Å²) in [5, 5.41) is 18.5. The highest BCUT2D eigenvalue weighted by molar-refractivity contribution is 5.74. The van der Waals surface area contributed by atoms with E-state index in [2.05, 4.69) is 0 Å². The van der Waals surface area contributed by atoms with Crippen LogP contribution in [0, 0.1) is 0 Å². The highest BCUT2D eigenvalue weighted by Gasteiger charge is 2.29. The third-order valence-electron chi connectivity index (χ3n) is 2.97. The van der Waals surface area contributed by atoms with E-state index in [0.717, 1.165) is 5.56 Å². The number of rotatable bonds is 5. The van der Waals surface area contributed by atoms with Crippen LogP contribution in [-0.2, 0) is 11.2 Å². The number of hydrogen-bond donors (Lipinski definition) is 2. The number of aliphatic hydroxyl groups is 1. The zero-order chi connectivity index (χ0) is 14.0. The first-order valence-electron chi connectivity index (χ1n) is 6.23. The maximum absolute atomic E-state index is 10.9. The maximum Gasteiger partial charge on any atom is 0.345 e. The fraction of sp³-hybridized carbons (Fsp3) is 0.500. The molecule has 1 aromatic rings. The fourth-order valence-corrected chi connectivity index (χ4v) is 1.85. The van der Waals surface area contributed by atoms with Crippen LogP contribution < -0.4 is 9.47 Å². The van der Waals surface area contributed by atoms with Gasteiger partial charge in [-0.05, 0) is 25.5 Å². The number of aliphatic carboxylic acids is 1. The van der Waals surface area contributed by atoms with E-state index < -0.39 is 17.7 Å². The van der Waals surface area contributed by atoms with Gasteiger partial charge >= 0.3 is 5.97 Å². The van der Waals surface area contributed by atoms with E-state index in [0.29, 0.717) is 30.9 Å². The fourth-order valence-electron chi connectivity index (χ4n) is 1.85. The third-order valence-corrected chi connectivity index (χ3v) is 2.97. The van der Waals surface area contributed by atoms with Crippen molar-refractivity contribution in [3.63, 3.8) is 0 Å². The quantitative estimate of drug-likeness (QED) is 0.846. The molecule has 0 spiro atoms. The highest BCUT2D eigenvalue weighted by atomic mass is 16.5. The SMILES string of the molecule is CC(C)(O)CCOc1ccc2c(c1)OC(C(=O)O)C2. The van der Waals surface area contributed by atoms with Crippen LogP contribution in [0.4, 0.5) is 0 Å². The summed E-state index contributed by atoms with van der Waals surface area (Å²) >= 11 is 0. The Kier molecular flexibility index (Phi) is 3.66. The first kappa shape index (κ1) is 13.7. The van der Waals surface area contributed by atoms with Gasteiger partial charge in [-0.25, -0.2) is 4.79 Å². The van der Waals surface area contributed by atoms with Gasteiger partial charge in [0, 0.05) is 18.9 Å². The molecule has 0 radical (unpaired) electrons. The van der Waals surface area contributed by atoms with Crippen LogP contribution in [0.3, 0.4) is 0 Å². The average Bonchev–Trinajstić information content (AvgIpc) is 2.70. The zero-order valence-electron chi connectivity index (χ0n) is 11.0. The second-order valence-electron chi connectivity index (χ2n) is 5.33. The zero-order valence-corrected chi connectivity index (χ0v) is 11.0. The predicted octanol–water partition coefficient (Wildman–Crippen LogP) is 1.61. The van der Waals surface area contributed by atoms with Crippen molar-refractivity contribution in [1.82, 2.24) is 0 Å². The summed E-state index contributed by atoms with van der Waals surface area (Å²) in [6.07, 6.45) is 0.0961. The Morgan fingerprint density at radius 2 is 2.26 bits per heavy atom. The van der Waals surface area contributed by atoms with Gasteiger partial charge in [-0.1, -0.05) is 6.07 Å². The molecule has 1 aliphatic heterocycles. The van der Waals surface area contributed by atoms with Gasteiger partial charge in [-0.2, -0.15) is 0 Å². The molecular formula is C14H18O5. The van der Waals surface area contributed by atoms with Crippen molar-refractivity contribution in [2.24, 2.45) is 0 Å². The number of fused-ring (bicyclic) bond motifs is 1. The summed E-state index contributed by atoms with van der Waals surface area (Å²) in [6.45, 7) is 3.84. The van der Waals surface area contributed by atoms with Gasteiger partial charge in [0.1, 0.15) is 11.5 Å². The number of hydrogen-bond acceptors (Lipinski definition) is 4. The minimum atomic E-state index is -0.958. The molecule has 1 unspecified atom stereocenters. The van der Waals surface area contributed by atoms with Gasteiger partial charge in [0.05, 0.1) is 12.2 Å². The monoisotopic (exact) mass is 266 g/mol. The Labute approximate surface area is 111 Å². The molecule has 2 rings (SSSR count). The molecule has 5 heteroatoms. The molecule has 0 saturated heterocycles. The molecule has 104 valence electrons. The summed E-state index contributed by atoms with van der Waals surface area (Å²) in [5.74, 6) is 0.225. The van der Waals surface area contributed by atoms with E-state index in [-0.39, 0.29) is 0 Å². The molecule has 0 fully saturated rings. The lowest BCUT2D eigenvalue weighted by atomic mass is 10.1. The normalized spacial score (nSPS) is 17.7. The molecule has 5 nitrogen and oxygen atoms in total. The third kappa shape index (κ3) is 3.61. The van der Waals surface area contributed by atoms with Crippen LogP contribution in [0.15, 0.2) is 18.2 Å². The largest absolute Gasteiger partial charge is 0.493 e. The first-order chi connectivity index (χ1) is 8.85. The van der Waals surface area contributed by atoms with Gasteiger partial charge in [-0.15, -0.1) is 0 Å². The van der Waals surface area contributed by atoms with Crippen molar-refractivity contribution in [2.75, 3.05) is 6.61 Å². The Morgan fingerprint density at radius 3 is 2.89 bits per heavy atom. The summed E-state index contributed by atoms with van der Waals surface area (Å²) < 4.78 is 10.8.